The van der Waals surface area contributed by atoms with E-state index < -0.39 is 32.6 Å². The van der Waals surface area contributed by atoms with Gasteiger partial charge in [0.2, 0.25) is 0 Å². The SMILES string of the molecule is [2H]C#C[C@@](O)(COP(=O)(O)O)[C@@H](O)CC=O. The van der Waals surface area contributed by atoms with Crippen molar-refractivity contribution in [2.24, 2.45) is 0 Å². The van der Waals surface area contributed by atoms with Crippen LogP contribution in [0.5, 0.6) is 0 Å². The third kappa shape index (κ3) is 5.04. The summed E-state index contributed by atoms with van der Waals surface area (Å²) in [4.78, 5) is 26.9. The quantitative estimate of drug-likeness (QED) is 0.250. The van der Waals surface area contributed by atoms with Crippen LogP contribution in [0.3, 0.4) is 0 Å². The first-order chi connectivity index (χ1) is 7.25. The van der Waals surface area contributed by atoms with Crippen molar-refractivity contribution in [2.75, 3.05) is 6.61 Å². The monoisotopic (exact) mass is 239 g/mol. The largest absolute Gasteiger partial charge is 0.469 e. The number of aldehydes is 1. The molecule has 0 radical (unpaired) electrons. The Balaban J connectivity index is 4.73. The molecule has 2 atom stereocenters. The predicted molar refractivity (Wildman–Crippen MR) is 48.5 cm³/mol. The molecule has 15 heavy (non-hydrogen) atoms. The summed E-state index contributed by atoms with van der Waals surface area (Å²) >= 11 is 0. The van der Waals surface area contributed by atoms with Gasteiger partial charge in [-0.1, -0.05) is 5.92 Å². The first-order valence-corrected chi connectivity index (χ1v) is 5.26. The van der Waals surface area contributed by atoms with E-state index in [0.717, 1.165) is 0 Å². The van der Waals surface area contributed by atoms with E-state index in [2.05, 4.69) is 4.52 Å². The summed E-state index contributed by atoms with van der Waals surface area (Å²) in [5.41, 5.74) is -2.37. The van der Waals surface area contributed by atoms with Crippen LogP contribution in [0.1, 0.15) is 7.79 Å². The number of carbonyl (C=O) groups excluding carboxylic acids is 1. The van der Waals surface area contributed by atoms with Crippen molar-refractivity contribution in [3.8, 4) is 12.3 Å². The zero-order valence-electron chi connectivity index (χ0n) is 8.53. The van der Waals surface area contributed by atoms with Crippen LogP contribution in [0.4, 0.5) is 0 Å². The van der Waals surface area contributed by atoms with E-state index in [0.29, 0.717) is 6.29 Å². The van der Waals surface area contributed by atoms with Gasteiger partial charge in [0.15, 0.2) is 5.60 Å². The summed E-state index contributed by atoms with van der Waals surface area (Å²) in [5, 5.41) is 18.9. The van der Waals surface area contributed by atoms with Crippen LogP contribution in [0.25, 0.3) is 0 Å². The Morgan fingerprint density at radius 3 is 2.73 bits per heavy atom. The summed E-state index contributed by atoms with van der Waals surface area (Å²) in [6, 6.07) is 0. The number of hydrogen-bond donors (Lipinski definition) is 4. The molecule has 0 fully saturated rings. The highest BCUT2D eigenvalue weighted by atomic mass is 31.2. The normalized spacial score (nSPS) is 18.0. The Hall–Kier alpha value is -0.740. The van der Waals surface area contributed by atoms with Gasteiger partial charge in [-0.15, -0.1) is 6.40 Å². The second-order valence-electron chi connectivity index (χ2n) is 2.73. The second kappa shape index (κ2) is 5.37. The van der Waals surface area contributed by atoms with E-state index >= 15 is 0 Å². The molecule has 86 valence electrons. The number of aliphatic hydroxyl groups is 2. The third-order valence-corrected chi connectivity index (χ3v) is 2.01. The highest BCUT2D eigenvalue weighted by molar-refractivity contribution is 7.46. The van der Waals surface area contributed by atoms with Gasteiger partial charge in [-0.05, 0) is 0 Å². The van der Waals surface area contributed by atoms with Crippen molar-refractivity contribution in [1.82, 2.24) is 0 Å². The molecule has 7 nitrogen and oxygen atoms in total. The van der Waals surface area contributed by atoms with Gasteiger partial charge in [0, 0.05) is 6.42 Å². The first kappa shape index (κ1) is 12.3. The van der Waals surface area contributed by atoms with Gasteiger partial charge in [0.05, 0.1) is 0 Å². The lowest BCUT2D eigenvalue weighted by atomic mass is 9.97. The third-order valence-electron chi connectivity index (χ3n) is 1.54. The molecule has 0 saturated carbocycles. The van der Waals surface area contributed by atoms with E-state index in [1.165, 1.54) is 6.40 Å². The molecule has 0 spiro atoms. The Kier molecular flexibility index (Phi) is 4.42. The molecule has 8 heteroatoms. The van der Waals surface area contributed by atoms with E-state index in [-0.39, 0.29) is 0 Å². The lowest BCUT2D eigenvalue weighted by Gasteiger charge is -2.26. The van der Waals surface area contributed by atoms with E-state index in [1.807, 2.05) is 5.92 Å². The number of phosphoric acid groups is 1. The molecular weight excluding hydrogens is 227 g/mol. The minimum atomic E-state index is -4.83. The van der Waals surface area contributed by atoms with E-state index in [9.17, 15) is 19.6 Å². The maximum atomic E-state index is 10.4. The van der Waals surface area contributed by atoms with E-state index in [4.69, 9.17) is 11.2 Å². The van der Waals surface area contributed by atoms with Crippen LogP contribution >= 0.6 is 7.82 Å². The molecule has 0 rings (SSSR count). The first-order valence-electron chi connectivity index (χ1n) is 4.23. The average molecular weight is 239 g/mol. The molecule has 0 bridgehead atoms. The second-order valence-corrected chi connectivity index (χ2v) is 3.97. The van der Waals surface area contributed by atoms with Gasteiger partial charge in [0.25, 0.3) is 0 Å². The Labute approximate surface area is 87.3 Å². The molecule has 0 aliphatic carbocycles. The van der Waals surface area contributed by atoms with E-state index in [1.54, 1.807) is 0 Å². The minimum absolute atomic E-state index is 0.290. The molecule has 0 aromatic heterocycles. The zero-order valence-corrected chi connectivity index (χ0v) is 8.42. The number of aliphatic hydroxyl groups excluding tert-OH is 1. The average Bonchev–Trinajstić information content (AvgIpc) is 2.15. The van der Waals surface area contributed by atoms with Crippen molar-refractivity contribution >= 4 is 14.1 Å². The summed E-state index contributed by atoms with van der Waals surface area (Å²) in [5.74, 6) is 1.81. The van der Waals surface area contributed by atoms with Gasteiger partial charge in [-0.25, -0.2) is 4.57 Å². The number of rotatable bonds is 6. The van der Waals surface area contributed by atoms with Crippen molar-refractivity contribution in [1.29, 1.82) is 0 Å². The van der Waals surface area contributed by atoms with Gasteiger partial charge >= 0.3 is 7.82 Å². The van der Waals surface area contributed by atoms with Gasteiger partial charge in [0.1, 0.15) is 20.4 Å². The fourth-order valence-corrected chi connectivity index (χ4v) is 1.05. The van der Waals surface area contributed by atoms with Crippen LogP contribution in [-0.2, 0) is 13.9 Å². The Bertz CT molecular complexity index is 342. The zero-order chi connectivity index (χ0) is 12.8. The Morgan fingerprint density at radius 2 is 2.33 bits per heavy atom. The smallest absolute Gasteiger partial charge is 0.389 e. The molecule has 0 heterocycles. The number of terminal acetylenes is 1. The minimum Gasteiger partial charge on any atom is -0.389 e. The fourth-order valence-electron chi connectivity index (χ4n) is 0.684. The van der Waals surface area contributed by atoms with Crippen LogP contribution in [0.2, 0.25) is 0 Å². The molecule has 0 aromatic rings. The number of phosphoric ester groups is 1. The Morgan fingerprint density at radius 1 is 1.73 bits per heavy atom. The van der Waals surface area contributed by atoms with Gasteiger partial charge in [-0.2, -0.15) is 0 Å². The summed E-state index contributed by atoms with van der Waals surface area (Å²) in [7, 11) is -4.83. The molecule has 0 saturated heterocycles. The lowest BCUT2D eigenvalue weighted by molar-refractivity contribution is -0.115. The topological polar surface area (TPSA) is 124 Å². The van der Waals surface area contributed by atoms with Crippen molar-refractivity contribution < 1.29 is 35.3 Å². The standard InChI is InChI=1S/C7H11O7P/c1-2-7(10,6(9)3-4-8)5-14-15(11,12)13/h1,4,6,9-10H,3,5H2,(H2,11,12,13)/t6-,7+/m0/s1/i1D. The summed E-state index contributed by atoms with van der Waals surface area (Å²) in [6.07, 6.45) is -0.388. The molecule has 0 unspecified atom stereocenters. The van der Waals surface area contributed by atoms with Crippen LogP contribution in [0, 0.1) is 12.3 Å². The van der Waals surface area contributed by atoms with Crippen molar-refractivity contribution in [2.45, 2.75) is 18.1 Å². The van der Waals surface area contributed by atoms with Crippen LogP contribution in [-0.4, -0.2) is 44.6 Å². The maximum absolute atomic E-state index is 10.4. The maximum Gasteiger partial charge on any atom is 0.469 e. The highest BCUT2D eigenvalue weighted by Gasteiger charge is 2.36. The number of hydrogen-bond acceptors (Lipinski definition) is 5. The molecule has 0 aliphatic rings. The van der Waals surface area contributed by atoms with Crippen LogP contribution < -0.4 is 0 Å². The molecular formula is C7H11O7P. The lowest BCUT2D eigenvalue weighted by Crippen LogP contribution is -2.45. The van der Waals surface area contributed by atoms with Crippen molar-refractivity contribution in [3.63, 3.8) is 0 Å². The highest BCUT2D eigenvalue weighted by Crippen LogP contribution is 2.37. The fraction of sp³-hybridized carbons (Fsp3) is 0.571. The van der Waals surface area contributed by atoms with Gasteiger partial charge in [-0.3, -0.25) is 4.52 Å². The number of carbonyl (C=O) groups is 1. The van der Waals surface area contributed by atoms with Crippen LogP contribution in [0.15, 0.2) is 0 Å². The summed E-state index contributed by atoms with van der Waals surface area (Å²) in [6.45, 7) is -1.02. The molecule has 4 N–H and O–H groups in total. The summed E-state index contributed by atoms with van der Waals surface area (Å²) < 4.78 is 20.9. The molecule has 0 amide bonds. The molecule has 0 aromatic carbocycles. The van der Waals surface area contributed by atoms with Crippen molar-refractivity contribution in [3.05, 3.63) is 0 Å². The molecule has 0 aliphatic heterocycles. The predicted octanol–water partition coefficient (Wildman–Crippen LogP) is -1.59. The van der Waals surface area contributed by atoms with Gasteiger partial charge < -0.3 is 24.8 Å².